The number of carbonyl (C=O) groups is 2. The number of rotatable bonds is 2. The van der Waals surface area contributed by atoms with Crippen LogP contribution < -0.4 is 0 Å². The van der Waals surface area contributed by atoms with Crippen LogP contribution >= 0.6 is 0 Å². The van der Waals surface area contributed by atoms with Gasteiger partial charge in [-0.1, -0.05) is 0 Å². The first-order chi connectivity index (χ1) is 7.80. The average molecular weight is 239 g/mol. The molecular weight excluding hydrogens is 218 g/mol. The Labute approximate surface area is 102 Å². The van der Waals surface area contributed by atoms with E-state index in [1.165, 1.54) is 0 Å². The smallest absolute Gasteiger partial charge is 0.248 e. The zero-order valence-electron chi connectivity index (χ0n) is 10.9. The van der Waals surface area contributed by atoms with Gasteiger partial charge in [0, 0.05) is 31.3 Å². The molecule has 0 unspecified atom stereocenters. The maximum Gasteiger partial charge on any atom is 0.248 e. The van der Waals surface area contributed by atoms with Crippen LogP contribution in [0, 0.1) is 5.41 Å². The van der Waals surface area contributed by atoms with Crippen LogP contribution in [0.1, 0.15) is 40.0 Å². The van der Waals surface area contributed by atoms with E-state index in [1.54, 1.807) is 0 Å². The highest BCUT2D eigenvalue weighted by molar-refractivity contribution is 5.83. The van der Waals surface area contributed by atoms with Gasteiger partial charge in [0.15, 0.2) is 0 Å². The Morgan fingerprint density at radius 1 is 1.41 bits per heavy atom. The minimum Gasteiger partial charge on any atom is -0.366 e. The summed E-state index contributed by atoms with van der Waals surface area (Å²) >= 11 is 0. The summed E-state index contributed by atoms with van der Waals surface area (Å²) in [6, 6.07) is 0. The number of carbonyl (C=O) groups excluding carboxylic acids is 2. The number of nitrogens with zero attached hydrogens (tertiary/aromatic N) is 1. The van der Waals surface area contributed by atoms with Crippen LogP contribution in [0.25, 0.3) is 0 Å². The number of ketones is 1. The molecule has 96 valence electrons. The highest BCUT2D eigenvalue weighted by Crippen LogP contribution is 2.43. The fourth-order valence-electron chi connectivity index (χ4n) is 2.58. The summed E-state index contributed by atoms with van der Waals surface area (Å²) in [7, 11) is 0. The van der Waals surface area contributed by atoms with Gasteiger partial charge in [-0.25, -0.2) is 0 Å². The molecule has 1 aliphatic heterocycles. The van der Waals surface area contributed by atoms with Crippen molar-refractivity contribution in [2.45, 2.75) is 45.6 Å². The van der Waals surface area contributed by atoms with Crippen molar-refractivity contribution in [3.63, 3.8) is 0 Å². The number of Topliss-reactive ketones (excluding diaryl/α,β-unsaturated/α-hetero) is 1. The van der Waals surface area contributed by atoms with Crippen molar-refractivity contribution in [1.82, 2.24) is 4.90 Å². The standard InChI is InChI=1S/C13H21NO3/c1-12(2,3)17-7-11(16)14-8-13(9-14)5-4-10(15)6-13/h4-9H2,1-3H3. The van der Waals surface area contributed by atoms with Gasteiger partial charge in [-0.05, 0) is 27.2 Å². The summed E-state index contributed by atoms with van der Waals surface area (Å²) in [5.41, 5.74) is -0.157. The molecule has 1 aliphatic carbocycles. The molecule has 1 heterocycles. The molecular formula is C13H21NO3. The van der Waals surface area contributed by atoms with E-state index in [2.05, 4.69) is 0 Å². The summed E-state index contributed by atoms with van der Waals surface area (Å²) < 4.78 is 5.46. The molecule has 2 rings (SSSR count). The molecule has 0 aromatic rings. The molecule has 1 spiro atoms. The van der Waals surface area contributed by atoms with Gasteiger partial charge in [0.2, 0.25) is 5.91 Å². The predicted molar refractivity (Wildman–Crippen MR) is 63.6 cm³/mol. The molecule has 0 radical (unpaired) electrons. The lowest BCUT2D eigenvalue weighted by Crippen LogP contribution is -2.58. The van der Waals surface area contributed by atoms with E-state index in [0.717, 1.165) is 19.5 Å². The van der Waals surface area contributed by atoms with E-state index in [1.807, 2.05) is 25.7 Å². The first kappa shape index (κ1) is 12.6. The zero-order valence-corrected chi connectivity index (χ0v) is 10.9. The molecule has 1 saturated carbocycles. The maximum absolute atomic E-state index is 11.8. The second-order valence-electron chi connectivity index (χ2n) is 6.37. The fourth-order valence-corrected chi connectivity index (χ4v) is 2.58. The van der Waals surface area contributed by atoms with Crippen LogP contribution in [0.15, 0.2) is 0 Å². The second-order valence-corrected chi connectivity index (χ2v) is 6.37. The Morgan fingerprint density at radius 2 is 2.06 bits per heavy atom. The minimum absolute atomic E-state index is 0.0462. The SMILES string of the molecule is CC(C)(C)OCC(=O)N1CC2(CCC(=O)C2)C1. The Bertz CT molecular complexity index is 337. The monoisotopic (exact) mass is 239 g/mol. The highest BCUT2D eigenvalue weighted by Gasteiger charge is 2.49. The molecule has 0 atom stereocenters. The largest absolute Gasteiger partial charge is 0.366 e. The van der Waals surface area contributed by atoms with Gasteiger partial charge in [0.1, 0.15) is 12.4 Å². The van der Waals surface area contributed by atoms with Crippen molar-refractivity contribution < 1.29 is 14.3 Å². The van der Waals surface area contributed by atoms with E-state index in [0.29, 0.717) is 18.6 Å². The number of amides is 1. The van der Waals surface area contributed by atoms with Gasteiger partial charge in [0.25, 0.3) is 0 Å². The van der Waals surface area contributed by atoms with Crippen LogP contribution in [0.2, 0.25) is 0 Å². The number of hydrogen-bond acceptors (Lipinski definition) is 3. The van der Waals surface area contributed by atoms with E-state index in [9.17, 15) is 9.59 Å². The van der Waals surface area contributed by atoms with E-state index in [-0.39, 0.29) is 23.5 Å². The van der Waals surface area contributed by atoms with Gasteiger partial charge in [0.05, 0.1) is 5.60 Å². The third-order valence-electron chi connectivity index (χ3n) is 3.54. The fraction of sp³-hybridized carbons (Fsp3) is 0.846. The summed E-state index contributed by atoms with van der Waals surface area (Å²) in [6.45, 7) is 7.44. The Hall–Kier alpha value is -0.900. The summed E-state index contributed by atoms with van der Waals surface area (Å²) in [6.07, 6.45) is 2.31. The third kappa shape index (κ3) is 2.86. The highest BCUT2D eigenvalue weighted by atomic mass is 16.5. The quantitative estimate of drug-likeness (QED) is 0.731. The normalized spacial score (nSPS) is 23.0. The summed E-state index contributed by atoms with van der Waals surface area (Å²) in [4.78, 5) is 24.9. The van der Waals surface area contributed by atoms with Gasteiger partial charge >= 0.3 is 0 Å². The second kappa shape index (κ2) is 4.09. The van der Waals surface area contributed by atoms with Crippen LogP contribution in [0.4, 0.5) is 0 Å². The van der Waals surface area contributed by atoms with Crippen LogP contribution in [0.5, 0.6) is 0 Å². The molecule has 17 heavy (non-hydrogen) atoms. The summed E-state index contributed by atoms with van der Waals surface area (Å²) in [5, 5.41) is 0. The van der Waals surface area contributed by atoms with Gasteiger partial charge in [-0.2, -0.15) is 0 Å². The van der Waals surface area contributed by atoms with E-state index < -0.39 is 0 Å². The molecule has 0 aromatic heterocycles. The zero-order chi connectivity index (χ0) is 12.7. The van der Waals surface area contributed by atoms with E-state index >= 15 is 0 Å². The first-order valence-corrected chi connectivity index (χ1v) is 6.23. The molecule has 4 nitrogen and oxygen atoms in total. The number of ether oxygens (including phenoxy) is 1. The molecule has 1 saturated heterocycles. The summed E-state index contributed by atoms with van der Waals surface area (Å²) in [5.74, 6) is 0.396. The lowest BCUT2D eigenvalue weighted by Gasteiger charge is -2.47. The molecule has 0 aromatic carbocycles. The van der Waals surface area contributed by atoms with Gasteiger partial charge in [-0.15, -0.1) is 0 Å². The van der Waals surface area contributed by atoms with Gasteiger partial charge in [-0.3, -0.25) is 9.59 Å². The molecule has 0 N–H and O–H groups in total. The first-order valence-electron chi connectivity index (χ1n) is 6.23. The van der Waals surface area contributed by atoms with Crippen molar-refractivity contribution in [3.05, 3.63) is 0 Å². The minimum atomic E-state index is -0.276. The lowest BCUT2D eigenvalue weighted by atomic mass is 9.78. The van der Waals surface area contributed by atoms with Crippen molar-refractivity contribution in [2.24, 2.45) is 5.41 Å². The number of hydrogen-bond donors (Lipinski definition) is 0. The Kier molecular flexibility index (Phi) is 3.02. The predicted octanol–water partition coefficient (Wildman–Crippen LogP) is 1.38. The van der Waals surface area contributed by atoms with Crippen LogP contribution in [0.3, 0.4) is 0 Å². The van der Waals surface area contributed by atoms with Crippen molar-refractivity contribution >= 4 is 11.7 Å². The van der Waals surface area contributed by atoms with Crippen LogP contribution in [-0.2, 0) is 14.3 Å². The van der Waals surface area contributed by atoms with Crippen molar-refractivity contribution in [1.29, 1.82) is 0 Å². The van der Waals surface area contributed by atoms with Crippen LogP contribution in [-0.4, -0.2) is 41.9 Å². The molecule has 4 heteroatoms. The third-order valence-corrected chi connectivity index (χ3v) is 3.54. The Balaban J connectivity index is 1.76. The topological polar surface area (TPSA) is 46.6 Å². The maximum atomic E-state index is 11.8. The average Bonchev–Trinajstić information content (AvgIpc) is 2.53. The molecule has 2 aliphatic rings. The number of likely N-dealkylation sites (tertiary alicyclic amines) is 1. The molecule has 0 bridgehead atoms. The van der Waals surface area contributed by atoms with Gasteiger partial charge < -0.3 is 9.64 Å². The molecule has 2 fully saturated rings. The van der Waals surface area contributed by atoms with Crippen molar-refractivity contribution in [3.8, 4) is 0 Å². The van der Waals surface area contributed by atoms with E-state index in [4.69, 9.17) is 4.74 Å². The molecule has 1 amide bonds. The lowest BCUT2D eigenvalue weighted by molar-refractivity contribution is -0.153. The van der Waals surface area contributed by atoms with Crippen molar-refractivity contribution in [2.75, 3.05) is 19.7 Å². The Morgan fingerprint density at radius 3 is 2.53 bits per heavy atom.